The number of carbonyl (C=O) groups excluding carboxylic acids is 3. The Morgan fingerprint density at radius 3 is 2.05 bits per heavy atom. The van der Waals surface area contributed by atoms with Crippen LogP contribution in [-0.4, -0.2) is 64.5 Å². The highest BCUT2D eigenvalue weighted by Crippen LogP contribution is 2.31. The molecule has 0 atom stereocenters. The number of imide groups is 1. The predicted octanol–water partition coefficient (Wildman–Crippen LogP) is 4.14. The van der Waals surface area contributed by atoms with Crippen LogP contribution in [-0.2, 0) is 16.0 Å². The Morgan fingerprint density at radius 1 is 0.919 bits per heavy atom. The lowest BCUT2D eigenvalue weighted by Crippen LogP contribution is -2.46. The molecule has 0 bridgehead atoms. The fourth-order valence-electron chi connectivity index (χ4n) is 4.62. The van der Waals surface area contributed by atoms with E-state index in [-0.39, 0.29) is 28.9 Å². The molecule has 2 fully saturated rings. The van der Waals surface area contributed by atoms with Crippen LogP contribution in [0.3, 0.4) is 0 Å². The lowest BCUT2D eigenvalue weighted by molar-refractivity contribution is -0.152. The minimum atomic E-state index is -0.984. The summed E-state index contributed by atoms with van der Waals surface area (Å²) in [4.78, 5) is 51.2. The molecule has 9 heteroatoms. The Hall–Kier alpha value is -3.88. The summed E-state index contributed by atoms with van der Waals surface area (Å²) in [6.07, 6.45) is 2.07. The Bertz CT molecular complexity index is 1130. The van der Waals surface area contributed by atoms with Crippen molar-refractivity contribution in [3.05, 3.63) is 59.7 Å². The van der Waals surface area contributed by atoms with Crippen molar-refractivity contribution in [1.29, 1.82) is 0 Å². The first kappa shape index (κ1) is 26.2. The van der Waals surface area contributed by atoms with Gasteiger partial charge in [-0.05, 0) is 53.8 Å². The van der Waals surface area contributed by atoms with Crippen molar-refractivity contribution < 1.29 is 33.8 Å². The van der Waals surface area contributed by atoms with Gasteiger partial charge in [0, 0.05) is 45.3 Å². The summed E-state index contributed by atoms with van der Waals surface area (Å²) >= 11 is 0. The maximum Gasteiger partial charge on any atom is 0.415 e. The van der Waals surface area contributed by atoms with Crippen LogP contribution in [0.25, 0.3) is 0 Å². The average molecular weight is 509 g/mol. The van der Waals surface area contributed by atoms with Crippen LogP contribution in [0.2, 0.25) is 0 Å². The molecule has 196 valence electrons. The van der Waals surface area contributed by atoms with Gasteiger partial charge in [0.15, 0.2) is 0 Å². The van der Waals surface area contributed by atoms with Crippen molar-refractivity contribution >= 4 is 23.9 Å². The molecule has 2 aliphatic rings. The summed E-state index contributed by atoms with van der Waals surface area (Å²) in [6, 6.07) is 13.4. The number of amides is 3. The summed E-state index contributed by atoms with van der Waals surface area (Å²) in [5.74, 6) is -0.210. The molecule has 0 saturated carbocycles. The van der Waals surface area contributed by atoms with Crippen LogP contribution < -0.4 is 9.47 Å². The standard InChI is InChI=1S/C28H32N2O7/c1-28(2)17-24(31)30(25(32)18-28)16-11-19-3-7-22(8-4-19)37-27(35)29-14-12-23(13-15-29)36-21-9-5-20(6-10-21)26(33)34/h3-10,23H,11-18H2,1-2H3,(H,33,34). The smallest absolute Gasteiger partial charge is 0.415 e. The lowest BCUT2D eigenvalue weighted by Gasteiger charge is -2.34. The quantitative estimate of drug-likeness (QED) is 0.559. The monoisotopic (exact) mass is 508 g/mol. The van der Waals surface area contributed by atoms with E-state index >= 15 is 0 Å². The van der Waals surface area contributed by atoms with Gasteiger partial charge < -0.3 is 19.5 Å². The molecule has 2 aromatic rings. The van der Waals surface area contributed by atoms with E-state index in [1.165, 1.54) is 17.0 Å². The van der Waals surface area contributed by atoms with E-state index in [0.717, 1.165) is 5.56 Å². The first-order chi connectivity index (χ1) is 17.6. The zero-order valence-electron chi connectivity index (χ0n) is 21.1. The molecule has 0 spiro atoms. The van der Waals surface area contributed by atoms with E-state index < -0.39 is 12.1 Å². The van der Waals surface area contributed by atoms with Crippen molar-refractivity contribution in [2.75, 3.05) is 19.6 Å². The first-order valence-electron chi connectivity index (χ1n) is 12.5. The molecule has 1 N–H and O–H groups in total. The highest BCUT2D eigenvalue weighted by Gasteiger charge is 2.37. The van der Waals surface area contributed by atoms with E-state index in [1.807, 2.05) is 26.0 Å². The number of carboxylic acids is 1. The fourth-order valence-corrected chi connectivity index (χ4v) is 4.62. The van der Waals surface area contributed by atoms with E-state index in [9.17, 15) is 19.2 Å². The van der Waals surface area contributed by atoms with Crippen molar-refractivity contribution in [3.8, 4) is 11.5 Å². The fraction of sp³-hybridized carbons (Fsp3) is 0.429. The SMILES string of the molecule is CC1(C)CC(=O)N(CCc2ccc(OC(=O)N3CCC(Oc4ccc(C(=O)O)cc4)CC3)cc2)C(=O)C1. The van der Waals surface area contributed by atoms with Gasteiger partial charge >= 0.3 is 12.1 Å². The number of ether oxygens (including phenoxy) is 2. The Kier molecular flexibility index (Phi) is 7.80. The van der Waals surface area contributed by atoms with E-state index in [4.69, 9.17) is 14.6 Å². The normalized spacial score (nSPS) is 18.0. The second-order valence-corrected chi connectivity index (χ2v) is 10.4. The second kappa shape index (κ2) is 11.0. The van der Waals surface area contributed by atoms with Gasteiger partial charge in [0.05, 0.1) is 5.56 Å². The van der Waals surface area contributed by atoms with Crippen molar-refractivity contribution in [3.63, 3.8) is 0 Å². The molecule has 0 radical (unpaired) electrons. The third kappa shape index (κ3) is 6.87. The van der Waals surface area contributed by atoms with Crippen molar-refractivity contribution in [2.45, 2.75) is 52.1 Å². The van der Waals surface area contributed by atoms with Crippen LogP contribution in [0, 0.1) is 5.41 Å². The molecule has 2 saturated heterocycles. The minimum Gasteiger partial charge on any atom is -0.490 e. The van der Waals surface area contributed by atoms with Gasteiger partial charge in [-0.1, -0.05) is 26.0 Å². The van der Waals surface area contributed by atoms with Crippen molar-refractivity contribution in [2.24, 2.45) is 5.41 Å². The molecule has 2 heterocycles. The van der Waals surface area contributed by atoms with E-state index in [2.05, 4.69) is 0 Å². The van der Waals surface area contributed by atoms with Gasteiger partial charge in [-0.25, -0.2) is 9.59 Å². The highest BCUT2D eigenvalue weighted by molar-refractivity contribution is 5.98. The Labute approximate surface area is 216 Å². The molecule has 2 aromatic carbocycles. The number of rotatable bonds is 7. The molecular formula is C28H32N2O7. The maximum absolute atomic E-state index is 12.6. The molecule has 2 aliphatic heterocycles. The van der Waals surface area contributed by atoms with Gasteiger partial charge in [-0.15, -0.1) is 0 Å². The third-order valence-electron chi connectivity index (χ3n) is 6.72. The van der Waals surface area contributed by atoms with Gasteiger partial charge in [0.25, 0.3) is 0 Å². The van der Waals surface area contributed by atoms with Gasteiger partial charge in [-0.2, -0.15) is 0 Å². The molecule has 0 aliphatic carbocycles. The lowest BCUT2D eigenvalue weighted by atomic mass is 9.81. The molecule has 0 aromatic heterocycles. The Morgan fingerprint density at radius 2 is 1.49 bits per heavy atom. The third-order valence-corrected chi connectivity index (χ3v) is 6.72. The number of likely N-dealkylation sites (tertiary alicyclic amines) is 2. The first-order valence-corrected chi connectivity index (χ1v) is 12.5. The zero-order valence-corrected chi connectivity index (χ0v) is 21.1. The van der Waals surface area contributed by atoms with E-state index in [0.29, 0.717) is 63.2 Å². The zero-order chi connectivity index (χ0) is 26.6. The van der Waals surface area contributed by atoms with Gasteiger partial charge in [0.2, 0.25) is 11.8 Å². The summed E-state index contributed by atoms with van der Waals surface area (Å²) in [5, 5.41) is 8.99. The number of hydrogen-bond donors (Lipinski definition) is 1. The topological polar surface area (TPSA) is 113 Å². The largest absolute Gasteiger partial charge is 0.490 e. The molecule has 0 unspecified atom stereocenters. The number of piperidine rings is 2. The summed E-state index contributed by atoms with van der Waals surface area (Å²) < 4.78 is 11.4. The average Bonchev–Trinajstić information content (AvgIpc) is 2.84. The van der Waals surface area contributed by atoms with Crippen LogP contribution in [0.4, 0.5) is 4.79 Å². The van der Waals surface area contributed by atoms with Gasteiger partial charge in [-0.3, -0.25) is 14.5 Å². The van der Waals surface area contributed by atoms with Crippen molar-refractivity contribution in [1.82, 2.24) is 9.80 Å². The molecule has 37 heavy (non-hydrogen) atoms. The molecular weight excluding hydrogens is 476 g/mol. The number of aromatic carboxylic acids is 1. The van der Waals surface area contributed by atoms with Crippen LogP contribution in [0.15, 0.2) is 48.5 Å². The number of carbonyl (C=O) groups is 4. The van der Waals surface area contributed by atoms with Crippen LogP contribution in [0.1, 0.15) is 55.5 Å². The van der Waals surface area contributed by atoms with Crippen LogP contribution in [0.5, 0.6) is 11.5 Å². The second-order valence-electron chi connectivity index (χ2n) is 10.4. The summed E-state index contributed by atoms with van der Waals surface area (Å²) in [5.41, 5.74) is 0.864. The van der Waals surface area contributed by atoms with E-state index in [1.54, 1.807) is 29.2 Å². The highest BCUT2D eigenvalue weighted by atomic mass is 16.6. The van der Waals surface area contributed by atoms with Crippen LogP contribution >= 0.6 is 0 Å². The number of hydrogen-bond acceptors (Lipinski definition) is 6. The number of carboxylic acid groups (broad SMARTS) is 1. The predicted molar refractivity (Wildman–Crippen MR) is 135 cm³/mol. The number of nitrogens with zero attached hydrogens (tertiary/aromatic N) is 2. The molecule has 4 rings (SSSR count). The summed E-state index contributed by atoms with van der Waals surface area (Å²) in [6.45, 7) is 5.18. The summed E-state index contributed by atoms with van der Waals surface area (Å²) in [7, 11) is 0. The minimum absolute atomic E-state index is 0.0660. The Balaban J connectivity index is 1.21. The van der Waals surface area contributed by atoms with Gasteiger partial charge in [0.1, 0.15) is 17.6 Å². The molecule has 3 amide bonds. The number of benzene rings is 2. The maximum atomic E-state index is 12.6. The molecule has 9 nitrogen and oxygen atoms in total.